The monoisotopic (exact) mass is 440 g/mol. The summed E-state index contributed by atoms with van der Waals surface area (Å²) < 4.78 is 59.9. The molecule has 0 unspecified atom stereocenters. The molecule has 2 aromatic carbocycles. The predicted octanol–water partition coefficient (Wildman–Crippen LogP) is 1.51. The molecule has 1 aliphatic heterocycles. The van der Waals surface area contributed by atoms with E-state index in [4.69, 9.17) is 9.84 Å². The van der Waals surface area contributed by atoms with Crippen molar-refractivity contribution in [1.82, 2.24) is 4.31 Å². The maximum atomic E-state index is 12.9. The van der Waals surface area contributed by atoms with Crippen LogP contribution in [0.25, 0.3) is 0 Å². The largest absolute Gasteiger partial charge is 0.478 e. The van der Waals surface area contributed by atoms with Gasteiger partial charge in [0.05, 0.1) is 34.3 Å². The highest BCUT2D eigenvalue weighted by Crippen LogP contribution is 2.26. The van der Waals surface area contributed by atoms with E-state index in [1.807, 2.05) is 0 Å². The summed E-state index contributed by atoms with van der Waals surface area (Å²) in [6, 6.07) is 8.98. The van der Waals surface area contributed by atoms with Gasteiger partial charge in [-0.3, -0.25) is 4.72 Å². The molecule has 2 aromatic rings. The molecule has 0 bridgehead atoms. The fourth-order valence-corrected chi connectivity index (χ4v) is 5.57. The van der Waals surface area contributed by atoms with Crippen LogP contribution >= 0.6 is 0 Å². The number of carboxylic acid groups (broad SMARTS) is 1. The number of hydrogen-bond donors (Lipinski definition) is 2. The fraction of sp³-hybridized carbons (Fsp3) is 0.278. The minimum Gasteiger partial charge on any atom is -0.478 e. The Morgan fingerprint density at radius 3 is 2.24 bits per heavy atom. The lowest BCUT2D eigenvalue weighted by Crippen LogP contribution is -2.40. The van der Waals surface area contributed by atoms with Crippen LogP contribution in [0.4, 0.5) is 5.69 Å². The average molecular weight is 440 g/mol. The number of benzene rings is 2. The molecule has 0 spiro atoms. The van der Waals surface area contributed by atoms with Crippen molar-refractivity contribution in [2.24, 2.45) is 0 Å². The van der Waals surface area contributed by atoms with Crippen molar-refractivity contribution >= 4 is 31.7 Å². The van der Waals surface area contributed by atoms with Crippen LogP contribution in [0.2, 0.25) is 0 Å². The number of aromatic carboxylic acids is 1. The Labute approximate surface area is 169 Å². The summed E-state index contributed by atoms with van der Waals surface area (Å²) in [4.78, 5) is 10.8. The summed E-state index contributed by atoms with van der Waals surface area (Å²) in [7, 11) is -7.82. The molecule has 156 valence electrons. The van der Waals surface area contributed by atoms with E-state index < -0.39 is 26.0 Å². The molecular weight excluding hydrogens is 420 g/mol. The number of carbonyl (C=O) groups is 1. The fourth-order valence-electron chi connectivity index (χ4n) is 2.86. The highest BCUT2D eigenvalue weighted by molar-refractivity contribution is 7.92. The van der Waals surface area contributed by atoms with E-state index in [1.54, 1.807) is 6.92 Å². The highest BCUT2D eigenvalue weighted by Gasteiger charge is 2.28. The van der Waals surface area contributed by atoms with Crippen molar-refractivity contribution in [2.45, 2.75) is 16.7 Å². The molecule has 1 aliphatic rings. The van der Waals surface area contributed by atoms with Crippen molar-refractivity contribution < 1.29 is 31.5 Å². The normalized spacial score (nSPS) is 15.8. The minimum absolute atomic E-state index is 0.0147. The van der Waals surface area contributed by atoms with E-state index in [0.717, 1.165) is 0 Å². The molecule has 0 aromatic heterocycles. The molecule has 11 heteroatoms. The predicted molar refractivity (Wildman–Crippen MR) is 105 cm³/mol. The SMILES string of the molecule is Cc1ccc(NS(=O)(=O)c2ccc(C(=O)O)cc2)cc1S(=O)(=O)N1CCOCC1. The van der Waals surface area contributed by atoms with Gasteiger partial charge in [0.25, 0.3) is 10.0 Å². The molecule has 0 aliphatic carbocycles. The van der Waals surface area contributed by atoms with Crippen molar-refractivity contribution in [2.75, 3.05) is 31.0 Å². The van der Waals surface area contributed by atoms with Crippen molar-refractivity contribution in [1.29, 1.82) is 0 Å². The number of carboxylic acids is 1. The molecule has 1 fully saturated rings. The molecule has 1 heterocycles. The maximum absolute atomic E-state index is 12.9. The summed E-state index contributed by atoms with van der Waals surface area (Å²) >= 11 is 0. The number of sulfonamides is 2. The smallest absolute Gasteiger partial charge is 0.335 e. The lowest BCUT2D eigenvalue weighted by atomic mass is 10.2. The average Bonchev–Trinajstić information content (AvgIpc) is 2.70. The van der Waals surface area contributed by atoms with Gasteiger partial charge < -0.3 is 9.84 Å². The van der Waals surface area contributed by atoms with Gasteiger partial charge >= 0.3 is 5.97 Å². The Hall–Kier alpha value is -2.47. The number of rotatable bonds is 6. The minimum atomic E-state index is -4.03. The first-order valence-electron chi connectivity index (χ1n) is 8.66. The Balaban J connectivity index is 1.90. The highest BCUT2D eigenvalue weighted by atomic mass is 32.2. The quantitative estimate of drug-likeness (QED) is 0.696. The molecule has 0 amide bonds. The number of aryl methyl sites for hydroxylation is 1. The Morgan fingerprint density at radius 2 is 1.66 bits per heavy atom. The van der Waals surface area contributed by atoms with Crippen LogP contribution in [0.15, 0.2) is 52.3 Å². The zero-order chi connectivity index (χ0) is 21.2. The van der Waals surface area contributed by atoms with Crippen molar-refractivity contribution in [3.05, 3.63) is 53.6 Å². The van der Waals surface area contributed by atoms with E-state index >= 15 is 0 Å². The third kappa shape index (κ3) is 4.58. The van der Waals surface area contributed by atoms with E-state index in [9.17, 15) is 21.6 Å². The van der Waals surface area contributed by atoms with Crippen LogP contribution in [0.3, 0.4) is 0 Å². The van der Waals surface area contributed by atoms with Crippen LogP contribution in [0.5, 0.6) is 0 Å². The van der Waals surface area contributed by atoms with Crippen molar-refractivity contribution in [3.63, 3.8) is 0 Å². The number of nitrogens with one attached hydrogen (secondary N) is 1. The maximum Gasteiger partial charge on any atom is 0.335 e. The number of hydrogen-bond acceptors (Lipinski definition) is 6. The second-order valence-corrected chi connectivity index (χ2v) is 10.0. The van der Waals surface area contributed by atoms with Gasteiger partial charge in [-0.15, -0.1) is 0 Å². The second-order valence-electron chi connectivity index (χ2n) is 6.43. The number of morpholine rings is 1. The second kappa shape index (κ2) is 8.11. The molecular formula is C18H20N2O7S2. The summed E-state index contributed by atoms with van der Waals surface area (Å²) in [5.74, 6) is -1.17. The van der Waals surface area contributed by atoms with Crippen LogP contribution in [-0.2, 0) is 24.8 Å². The standard InChI is InChI=1S/C18H20N2O7S2/c1-13-2-5-15(12-17(13)29(25,26)20-8-10-27-11-9-20)19-28(23,24)16-6-3-14(4-7-16)18(21)22/h2-7,12,19H,8-11H2,1H3,(H,21,22). The molecule has 29 heavy (non-hydrogen) atoms. The van der Waals surface area contributed by atoms with Crippen molar-refractivity contribution in [3.8, 4) is 0 Å². The molecule has 3 rings (SSSR count). The van der Waals surface area contributed by atoms with Crippen LogP contribution < -0.4 is 4.72 Å². The first kappa shape index (κ1) is 21.2. The third-order valence-corrected chi connectivity index (χ3v) is 7.88. The van der Waals surface area contributed by atoms with Gasteiger partial charge in [0, 0.05) is 13.1 Å². The van der Waals surface area contributed by atoms with E-state index in [1.165, 1.54) is 46.8 Å². The van der Waals surface area contributed by atoms with Gasteiger partial charge in [-0.2, -0.15) is 4.31 Å². The topological polar surface area (TPSA) is 130 Å². The van der Waals surface area contributed by atoms with Crippen LogP contribution in [-0.4, -0.2) is 58.5 Å². The molecule has 1 saturated heterocycles. The zero-order valence-corrected chi connectivity index (χ0v) is 17.2. The van der Waals surface area contributed by atoms with E-state index in [-0.39, 0.29) is 34.1 Å². The van der Waals surface area contributed by atoms with Gasteiger partial charge in [-0.05, 0) is 48.9 Å². The van der Waals surface area contributed by atoms with Gasteiger partial charge in [0.1, 0.15) is 0 Å². The summed E-state index contributed by atoms with van der Waals surface area (Å²) in [6.07, 6.45) is 0. The molecule has 0 atom stereocenters. The summed E-state index contributed by atoms with van der Waals surface area (Å²) in [6.45, 7) is 2.70. The lowest BCUT2D eigenvalue weighted by molar-refractivity contribution is 0.0696. The first-order valence-corrected chi connectivity index (χ1v) is 11.6. The zero-order valence-electron chi connectivity index (χ0n) is 15.5. The molecule has 0 saturated carbocycles. The number of anilines is 1. The Morgan fingerprint density at radius 1 is 1.03 bits per heavy atom. The Bertz CT molecular complexity index is 1120. The summed E-state index contributed by atoms with van der Waals surface area (Å²) in [5.41, 5.74) is 0.535. The van der Waals surface area contributed by atoms with E-state index in [2.05, 4.69) is 4.72 Å². The van der Waals surface area contributed by atoms with Gasteiger partial charge in [-0.25, -0.2) is 21.6 Å². The lowest BCUT2D eigenvalue weighted by Gasteiger charge is -2.26. The first-order chi connectivity index (χ1) is 13.6. The molecule has 9 nitrogen and oxygen atoms in total. The number of nitrogens with zero attached hydrogens (tertiary/aromatic N) is 1. The molecule has 0 radical (unpaired) electrons. The van der Waals surface area contributed by atoms with Gasteiger partial charge in [0.15, 0.2) is 0 Å². The number of ether oxygens (including phenoxy) is 1. The molecule has 2 N–H and O–H groups in total. The van der Waals surface area contributed by atoms with Gasteiger partial charge in [0.2, 0.25) is 10.0 Å². The van der Waals surface area contributed by atoms with Crippen LogP contribution in [0.1, 0.15) is 15.9 Å². The third-order valence-electron chi connectivity index (χ3n) is 4.44. The Kier molecular flexibility index (Phi) is 5.94. The summed E-state index contributed by atoms with van der Waals surface area (Å²) in [5, 5.41) is 8.92. The van der Waals surface area contributed by atoms with E-state index in [0.29, 0.717) is 18.8 Å². The van der Waals surface area contributed by atoms with Crippen LogP contribution in [0, 0.1) is 6.92 Å². The van der Waals surface area contributed by atoms with Gasteiger partial charge in [-0.1, -0.05) is 6.07 Å².